The first kappa shape index (κ1) is 20.4. The van der Waals surface area contributed by atoms with Crippen LogP contribution in [0.2, 0.25) is 0 Å². The lowest BCUT2D eigenvalue weighted by molar-refractivity contribution is -0.152. The molecule has 0 saturated carbocycles. The zero-order chi connectivity index (χ0) is 20.5. The molecule has 6 nitrogen and oxygen atoms in total. The predicted octanol–water partition coefficient (Wildman–Crippen LogP) is 1.73. The highest BCUT2D eigenvalue weighted by Crippen LogP contribution is 2.41. The van der Waals surface area contributed by atoms with Crippen molar-refractivity contribution in [1.29, 1.82) is 0 Å². The lowest BCUT2D eigenvalue weighted by atomic mass is 9.72. The number of amides is 2. The summed E-state index contributed by atoms with van der Waals surface area (Å²) in [7, 11) is 0. The number of aliphatic hydroxyl groups excluding tert-OH is 1. The van der Waals surface area contributed by atoms with Crippen LogP contribution in [0.3, 0.4) is 0 Å². The Hall–Kier alpha value is -1.92. The lowest BCUT2D eigenvalue weighted by Crippen LogP contribution is -2.67. The van der Waals surface area contributed by atoms with Crippen molar-refractivity contribution in [3.05, 3.63) is 34.9 Å². The molecular weight excluding hydrogens is 366 g/mol. The molecule has 2 N–H and O–H groups in total. The van der Waals surface area contributed by atoms with E-state index in [0.717, 1.165) is 37.9 Å². The molecule has 29 heavy (non-hydrogen) atoms. The second kappa shape index (κ2) is 8.44. The number of carbonyl (C=O) groups excluding carboxylic acids is 2. The fourth-order valence-electron chi connectivity index (χ4n) is 5.64. The number of nitrogens with zero attached hydrogens (tertiary/aromatic N) is 2. The lowest BCUT2D eigenvalue weighted by Gasteiger charge is -2.56. The van der Waals surface area contributed by atoms with Gasteiger partial charge in [0.2, 0.25) is 5.91 Å². The van der Waals surface area contributed by atoms with Crippen LogP contribution in [-0.2, 0) is 4.79 Å². The number of rotatable bonds is 5. The van der Waals surface area contributed by atoms with Gasteiger partial charge in [-0.05, 0) is 68.2 Å². The number of carbonyl (C=O) groups is 2. The molecule has 1 aromatic carbocycles. The molecule has 3 saturated heterocycles. The molecule has 6 heteroatoms. The number of piperidine rings is 3. The van der Waals surface area contributed by atoms with Crippen molar-refractivity contribution in [1.82, 2.24) is 15.1 Å². The third kappa shape index (κ3) is 4.05. The van der Waals surface area contributed by atoms with E-state index in [1.807, 2.05) is 32.0 Å². The summed E-state index contributed by atoms with van der Waals surface area (Å²) in [6.45, 7) is 7.26. The number of hydrogen-bond acceptors (Lipinski definition) is 4. The molecule has 0 aromatic heterocycles. The van der Waals surface area contributed by atoms with Crippen molar-refractivity contribution in [2.24, 2.45) is 11.8 Å². The highest BCUT2D eigenvalue weighted by atomic mass is 16.3. The van der Waals surface area contributed by atoms with E-state index in [0.29, 0.717) is 36.9 Å². The minimum Gasteiger partial charge on any atom is -0.395 e. The summed E-state index contributed by atoms with van der Waals surface area (Å²) in [4.78, 5) is 30.1. The summed E-state index contributed by atoms with van der Waals surface area (Å²) in [5.74, 6) is 1.01. The topological polar surface area (TPSA) is 72.9 Å². The number of aliphatic hydroxyl groups is 1. The maximum Gasteiger partial charge on any atom is 0.251 e. The Morgan fingerprint density at radius 2 is 2.00 bits per heavy atom. The number of likely N-dealkylation sites (tertiary alicyclic amines) is 1. The van der Waals surface area contributed by atoms with Crippen LogP contribution in [0.1, 0.15) is 47.2 Å². The highest BCUT2D eigenvalue weighted by molar-refractivity contribution is 5.94. The molecule has 4 rings (SSSR count). The zero-order valence-electron chi connectivity index (χ0n) is 17.6. The van der Waals surface area contributed by atoms with Gasteiger partial charge in [-0.2, -0.15) is 0 Å². The van der Waals surface area contributed by atoms with E-state index in [9.17, 15) is 14.7 Å². The number of nitrogens with one attached hydrogen (secondary N) is 1. The van der Waals surface area contributed by atoms with Crippen LogP contribution in [-0.4, -0.2) is 71.6 Å². The van der Waals surface area contributed by atoms with Crippen LogP contribution >= 0.6 is 0 Å². The Labute approximate surface area is 173 Å². The van der Waals surface area contributed by atoms with Gasteiger partial charge in [0.1, 0.15) is 0 Å². The molecule has 158 valence electrons. The van der Waals surface area contributed by atoms with Crippen LogP contribution < -0.4 is 5.32 Å². The molecule has 0 unspecified atom stereocenters. The van der Waals surface area contributed by atoms with Crippen molar-refractivity contribution in [3.63, 3.8) is 0 Å². The fourth-order valence-corrected chi connectivity index (χ4v) is 5.64. The van der Waals surface area contributed by atoms with Gasteiger partial charge in [-0.3, -0.25) is 9.59 Å². The van der Waals surface area contributed by atoms with Gasteiger partial charge in [-0.25, -0.2) is 0 Å². The van der Waals surface area contributed by atoms with Gasteiger partial charge in [0, 0.05) is 44.2 Å². The summed E-state index contributed by atoms with van der Waals surface area (Å²) >= 11 is 0. The standard InChI is InChI=1S/C23H33N3O3/c1-15-6-7-17(10-16(15)2)23(29)24-12-21-19-11-18(13-25(14-19)8-9-27)20-4-3-5-22(28)26(20)21/h6-7,10,18-21,27H,3-5,8-9,11-14H2,1-2H3,(H,24,29)/t18-,19+,20+,21+/m1/s1. The molecule has 3 aliphatic rings. The zero-order valence-corrected chi connectivity index (χ0v) is 17.6. The Morgan fingerprint density at radius 3 is 2.76 bits per heavy atom. The Bertz CT molecular complexity index is 779. The SMILES string of the molecule is Cc1ccc(C(=O)NC[C@H]2[C@H]3C[C@H](CN(CCO)C3)[C@@H]3CCCC(=O)N32)cc1C. The number of β-amino-alcohol motifs (C(OH)–C–C–N with tert-alkyl or cyclic N) is 1. The minimum absolute atomic E-state index is 0.0426. The largest absolute Gasteiger partial charge is 0.395 e. The smallest absolute Gasteiger partial charge is 0.251 e. The summed E-state index contributed by atoms with van der Waals surface area (Å²) in [5, 5.41) is 12.5. The second-order valence-corrected chi connectivity index (χ2v) is 9.08. The van der Waals surface area contributed by atoms with E-state index in [4.69, 9.17) is 0 Å². The average molecular weight is 400 g/mol. The van der Waals surface area contributed by atoms with Gasteiger partial charge >= 0.3 is 0 Å². The van der Waals surface area contributed by atoms with Crippen molar-refractivity contribution < 1.29 is 14.7 Å². The molecule has 1 aromatic rings. The summed E-state index contributed by atoms with van der Waals surface area (Å²) in [5.41, 5.74) is 2.96. The van der Waals surface area contributed by atoms with Crippen molar-refractivity contribution >= 4 is 11.8 Å². The molecule has 0 radical (unpaired) electrons. The quantitative estimate of drug-likeness (QED) is 0.791. The Morgan fingerprint density at radius 1 is 1.21 bits per heavy atom. The summed E-state index contributed by atoms with van der Waals surface area (Å²) in [6, 6.07) is 6.10. The van der Waals surface area contributed by atoms with Gasteiger partial charge in [0.05, 0.1) is 12.6 Å². The molecule has 2 amide bonds. The molecule has 2 bridgehead atoms. The molecule has 4 atom stereocenters. The number of fused-ring (bicyclic) bond motifs is 4. The van der Waals surface area contributed by atoms with E-state index >= 15 is 0 Å². The van der Waals surface area contributed by atoms with Gasteiger partial charge < -0.3 is 20.2 Å². The number of hydrogen-bond donors (Lipinski definition) is 2. The third-order valence-corrected chi connectivity index (χ3v) is 7.23. The van der Waals surface area contributed by atoms with E-state index in [2.05, 4.69) is 15.1 Å². The summed E-state index contributed by atoms with van der Waals surface area (Å²) < 4.78 is 0. The maximum absolute atomic E-state index is 12.8. The van der Waals surface area contributed by atoms with Crippen molar-refractivity contribution in [2.45, 2.75) is 51.6 Å². The van der Waals surface area contributed by atoms with Crippen LogP contribution in [0.15, 0.2) is 18.2 Å². The maximum atomic E-state index is 12.8. The monoisotopic (exact) mass is 399 g/mol. The first-order valence-electron chi connectivity index (χ1n) is 11.0. The van der Waals surface area contributed by atoms with E-state index in [1.165, 1.54) is 5.56 Å². The summed E-state index contributed by atoms with van der Waals surface area (Å²) in [6.07, 6.45) is 3.75. The van der Waals surface area contributed by atoms with Crippen LogP contribution in [0.4, 0.5) is 0 Å². The van der Waals surface area contributed by atoms with Crippen LogP contribution in [0.5, 0.6) is 0 Å². The first-order valence-corrected chi connectivity index (χ1v) is 11.0. The number of aryl methyl sites for hydroxylation is 2. The first-order chi connectivity index (χ1) is 14.0. The molecule has 0 aliphatic carbocycles. The van der Waals surface area contributed by atoms with E-state index < -0.39 is 0 Å². The molecule has 3 aliphatic heterocycles. The van der Waals surface area contributed by atoms with E-state index in [-0.39, 0.29) is 30.5 Å². The molecular formula is C23H33N3O3. The normalized spacial score (nSPS) is 29.5. The number of benzene rings is 1. The van der Waals surface area contributed by atoms with Gasteiger partial charge in [0.25, 0.3) is 5.91 Å². The van der Waals surface area contributed by atoms with Gasteiger partial charge in [0.15, 0.2) is 0 Å². The highest BCUT2D eigenvalue weighted by Gasteiger charge is 2.49. The Kier molecular flexibility index (Phi) is 5.93. The average Bonchev–Trinajstić information content (AvgIpc) is 2.70. The predicted molar refractivity (Wildman–Crippen MR) is 112 cm³/mol. The Balaban J connectivity index is 1.51. The third-order valence-electron chi connectivity index (χ3n) is 7.23. The van der Waals surface area contributed by atoms with Gasteiger partial charge in [-0.15, -0.1) is 0 Å². The second-order valence-electron chi connectivity index (χ2n) is 9.08. The van der Waals surface area contributed by atoms with Crippen LogP contribution in [0.25, 0.3) is 0 Å². The minimum atomic E-state index is -0.0701. The van der Waals surface area contributed by atoms with E-state index in [1.54, 1.807) is 0 Å². The van der Waals surface area contributed by atoms with Gasteiger partial charge in [-0.1, -0.05) is 6.07 Å². The molecule has 0 spiro atoms. The molecule has 3 heterocycles. The van der Waals surface area contributed by atoms with Crippen molar-refractivity contribution in [2.75, 3.05) is 32.8 Å². The van der Waals surface area contributed by atoms with Crippen LogP contribution in [0, 0.1) is 25.7 Å². The fraction of sp³-hybridized carbons (Fsp3) is 0.652. The van der Waals surface area contributed by atoms with Crippen molar-refractivity contribution in [3.8, 4) is 0 Å². The molecule has 3 fully saturated rings.